The van der Waals surface area contributed by atoms with E-state index in [-0.39, 0.29) is 5.54 Å². The smallest absolute Gasteiger partial charge is 0.360 e. The van der Waals surface area contributed by atoms with Crippen molar-refractivity contribution in [1.29, 1.82) is 0 Å². The van der Waals surface area contributed by atoms with Gasteiger partial charge in [-0.2, -0.15) is 13.2 Å². The zero-order chi connectivity index (χ0) is 16.3. The van der Waals surface area contributed by atoms with Crippen molar-refractivity contribution < 1.29 is 17.9 Å². The molecule has 1 N–H and O–H groups in total. The first-order chi connectivity index (χ1) is 9.50. The standard InChI is InChI=1S/C16H24F3NO/c1-11-8-6-7-9-13(11)14(10-20-15(3,4)5)21-12(2)16(17,18)19/h6-9,12,14,20H,10H2,1-5H3. The van der Waals surface area contributed by atoms with Gasteiger partial charge in [-0.15, -0.1) is 0 Å². The fraction of sp³-hybridized carbons (Fsp3) is 0.625. The van der Waals surface area contributed by atoms with Crippen LogP contribution in [0.15, 0.2) is 24.3 Å². The van der Waals surface area contributed by atoms with Gasteiger partial charge in [0.25, 0.3) is 0 Å². The van der Waals surface area contributed by atoms with E-state index in [9.17, 15) is 13.2 Å². The number of alkyl halides is 3. The van der Waals surface area contributed by atoms with E-state index >= 15 is 0 Å². The van der Waals surface area contributed by atoms with Crippen LogP contribution in [0.25, 0.3) is 0 Å². The maximum atomic E-state index is 12.8. The summed E-state index contributed by atoms with van der Waals surface area (Å²) in [7, 11) is 0. The van der Waals surface area contributed by atoms with E-state index in [0.717, 1.165) is 18.1 Å². The van der Waals surface area contributed by atoms with Gasteiger partial charge >= 0.3 is 6.18 Å². The van der Waals surface area contributed by atoms with Gasteiger partial charge in [0.1, 0.15) is 0 Å². The van der Waals surface area contributed by atoms with E-state index < -0.39 is 18.4 Å². The average Bonchev–Trinajstić information content (AvgIpc) is 2.32. The molecule has 120 valence electrons. The molecule has 1 rings (SSSR count). The lowest BCUT2D eigenvalue weighted by Gasteiger charge is -2.29. The molecule has 2 atom stereocenters. The number of hydrogen-bond acceptors (Lipinski definition) is 2. The predicted molar refractivity (Wildman–Crippen MR) is 78.3 cm³/mol. The minimum atomic E-state index is -4.36. The van der Waals surface area contributed by atoms with Crippen LogP contribution >= 0.6 is 0 Å². The van der Waals surface area contributed by atoms with E-state index in [0.29, 0.717) is 6.54 Å². The van der Waals surface area contributed by atoms with Crippen LogP contribution in [-0.2, 0) is 4.74 Å². The molecule has 1 aromatic carbocycles. The number of rotatable bonds is 5. The largest absolute Gasteiger partial charge is 0.414 e. The van der Waals surface area contributed by atoms with Crippen molar-refractivity contribution in [1.82, 2.24) is 5.32 Å². The van der Waals surface area contributed by atoms with Crippen LogP contribution in [0.5, 0.6) is 0 Å². The highest BCUT2D eigenvalue weighted by Gasteiger charge is 2.39. The van der Waals surface area contributed by atoms with Crippen LogP contribution in [0, 0.1) is 6.92 Å². The average molecular weight is 303 g/mol. The number of hydrogen-bond donors (Lipinski definition) is 1. The van der Waals surface area contributed by atoms with Gasteiger partial charge in [0, 0.05) is 12.1 Å². The molecule has 0 aliphatic rings. The van der Waals surface area contributed by atoms with Crippen LogP contribution in [-0.4, -0.2) is 24.4 Å². The number of nitrogens with one attached hydrogen (secondary N) is 1. The Morgan fingerprint density at radius 1 is 1.14 bits per heavy atom. The molecule has 5 heteroatoms. The maximum Gasteiger partial charge on any atom is 0.414 e. The molecule has 0 amide bonds. The third kappa shape index (κ3) is 6.06. The molecule has 2 nitrogen and oxygen atoms in total. The molecular weight excluding hydrogens is 279 g/mol. The van der Waals surface area contributed by atoms with Crippen molar-refractivity contribution in [3.05, 3.63) is 35.4 Å². The maximum absolute atomic E-state index is 12.8. The summed E-state index contributed by atoms with van der Waals surface area (Å²) >= 11 is 0. The fourth-order valence-corrected chi connectivity index (χ4v) is 1.90. The summed E-state index contributed by atoms with van der Waals surface area (Å²) in [5.41, 5.74) is 1.52. The first kappa shape index (κ1) is 18.0. The topological polar surface area (TPSA) is 21.3 Å². The molecule has 0 saturated heterocycles. The van der Waals surface area contributed by atoms with E-state index in [4.69, 9.17) is 4.74 Å². The molecule has 21 heavy (non-hydrogen) atoms. The normalized spacial score (nSPS) is 15.8. The zero-order valence-corrected chi connectivity index (χ0v) is 13.2. The van der Waals surface area contributed by atoms with Crippen LogP contribution in [0.1, 0.15) is 44.9 Å². The third-order valence-electron chi connectivity index (χ3n) is 3.18. The lowest BCUT2D eigenvalue weighted by molar-refractivity contribution is -0.227. The van der Waals surface area contributed by atoms with Gasteiger partial charge in [-0.1, -0.05) is 24.3 Å². The molecule has 2 unspecified atom stereocenters. The third-order valence-corrected chi connectivity index (χ3v) is 3.18. The number of ether oxygens (including phenoxy) is 1. The van der Waals surface area contributed by atoms with Crippen LogP contribution in [0.2, 0.25) is 0 Å². The van der Waals surface area contributed by atoms with Crippen LogP contribution in [0.3, 0.4) is 0 Å². The Bertz CT molecular complexity index is 452. The Morgan fingerprint density at radius 2 is 1.71 bits per heavy atom. The Labute approximate surface area is 124 Å². The molecule has 0 aliphatic carbocycles. The minimum absolute atomic E-state index is 0.189. The first-order valence-electron chi connectivity index (χ1n) is 7.03. The zero-order valence-electron chi connectivity index (χ0n) is 13.2. The van der Waals surface area contributed by atoms with Gasteiger partial charge < -0.3 is 10.1 Å². The van der Waals surface area contributed by atoms with Crippen molar-refractivity contribution in [3.63, 3.8) is 0 Å². The second-order valence-corrected chi connectivity index (χ2v) is 6.30. The number of halogens is 3. The molecule has 0 radical (unpaired) electrons. The van der Waals surface area contributed by atoms with Crippen molar-refractivity contribution in [2.75, 3.05) is 6.54 Å². The Kier molecular flexibility index (Phi) is 5.82. The highest BCUT2D eigenvalue weighted by molar-refractivity contribution is 5.28. The monoisotopic (exact) mass is 303 g/mol. The van der Waals surface area contributed by atoms with Gasteiger partial charge in [-0.3, -0.25) is 0 Å². The molecule has 0 spiro atoms. The summed E-state index contributed by atoms with van der Waals surface area (Å²) in [6.45, 7) is 9.15. The number of benzene rings is 1. The second kappa shape index (κ2) is 6.79. The Hall–Kier alpha value is -1.07. The summed E-state index contributed by atoms with van der Waals surface area (Å²) in [6.07, 6.45) is -6.80. The Morgan fingerprint density at radius 3 is 2.19 bits per heavy atom. The van der Waals surface area contributed by atoms with Gasteiger partial charge in [0.15, 0.2) is 6.10 Å². The SMILES string of the molecule is Cc1ccccc1C(CNC(C)(C)C)OC(C)C(F)(F)F. The van der Waals surface area contributed by atoms with Crippen molar-refractivity contribution >= 4 is 0 Å². The summed E-state index contributed by atoms with van der Waals surface area (Å²) in [4.78, 5) is 0. The van der Waals surface area contributed by atoms with Gasteiger partial charge in [-0.05, 0) is 45.7 Å². The van der Waals surface area contributed by atoms with Crippen molar-refractivity contribution in [3.8, 4) is 0 Å². The van der Waals surface area contributed by atoms with Gasteiger partial charge in [0.2, 0.25) is 0 Å². The van der Waals surface area contributed by atoms with E-state index in [1.54, 1.807) is 0 Å². The number of aryl methyl sites for hydroxylation is 1. The van der Waals surface area contributed by atoms with Gasteiger partial charge in [-0.25, -0.2) is 0 Å². The Balaban J connectivity index is 2.93. The lowest BCUT2D eigenvalue weighted by Crippen LogP contribution is -2.41. The molecule has 0 aromatic heterocycles. The van der Waals surface area contributed by atoms with E-state index in [2.05, 4.69) is 5.32 Å². The summed E-state index contributed by atoms with van der Waals surface area (Å²) in [5, 5.41) is 3.21. The molecular formula is C16H24F3NO. The van der Waals surface area contributed by atoms with E-state index in [1.165, 1.54) is 0 Å². The molecule has 1 aromatic rings. The van der Waals surface area contributed by atoms with Gasteiger partial charge in [0.05, 0.1) is 6.10 Å². The van der Waals surface area contributed by atoms with Crippen molar-refractivity contribution in [2.24, 2.45) is 0 Å². The second-order valence-electron chi connectivity index (χ2n) is 6.30. The molecule has 0 bridgehead atoms. The highest BCUT2D eigenvalue weighted by Crippen LogP contribution is 2.29. The first-order valence-corrected chi connectivity index (χ1v) is 7.03. The summed E-state index contributed by atoms with van der Waals surface area (Å²) in [6, 6.07) is 7.36. The molecule has 0 saturated carbocycles. The van der Waals surface area contributed by atoms with Crippen LogP contribution < -0.4 is 5.32 Å². The fourth-order valence-electron chi connectivity index (χ4n) is 1.90. The predicted octanol–water partition coefficient (Wildman–Crippen LogP) is 4.39. The summed E-state index contributed by atoms with van der Waals surface area (Å²) < 4.78 is 43.6. The van der Waals surface area contributed by atoms with E-state index in [1.807, 2.05) is 52.0 Å². The molecule has 0 heterocycles. The summed E-state index contributed by atoms with van der Waals surface area (Å²) in [5.74, 6) is 0. The highest BCUT2D eigenvalue weighted by atomic mass is 19.4. The molecule has 0 aliphatic heterocycles. The van der Waals surface area contributed by atoms with Crippen LogP contribution in [0.4, 0.5) is 13.2 Å². The quantitative estimate of drug-likeness (QED) is 0.871. The molecule has 0 fully saturated rings. The lowest BCUT2D eigenvalue weighted by atomic mass is 10.0. The minimum Gasteiger partial charge on any atom is -0.360 e. The van der Waals surface area contributed by atoms with Crippen molar-refractivity contribution in [2.45, 2.75) is 58.5 Å².